The number of aliphatic carboxylic acids is 1. The number of halogens is 1. The van der Waals surface area contributed by atoms with Crippen LogP contribution in [0.1, 0.15) is 0 Å². The molecule has 4 nitrogen and oxygen atoms in total. The summed E-state index contributed by atoms with van der Waals surface area (Å²) < 4.78 is 11.1. The fraction of sp³-hybridized carbons (Fsp3) is 0.0500. The van der Waals surface area contributed by atoms with Crippen molar-refractivity contribution >= 4 is 17.6 Å². The molecule has 0 aliphatic heterocycles. The fourth-order valence-corrected chi connectivity index (χ4v) is 2.43. The molecule has 0 aliphatic rings. The molecule has 1 unspecified atom stereocenters. The summed E-state index contributed by atoms with van der Waals surface area (Å²) in [6.07, 6.45) is -1.48. The lowest BCUT2D eigenvalue weighted by molar-refractivity contribution is -0.158. The van der Waals surface area contributed by atoms with E-state index in [2.05, 4.69) is 0 Å². The minimum Gasteiger partial charge on any atom is -0.476 e. The standard InChI is InChI=1S/C20H15ClO4/c21-15-10-12-16(13-11-15)24-20(19(22)23)25-18-9-5-4-8-17(18)14-6-2-1-3-7-14/h1-13,20H,(H,22,23). The first kappa shape index (κ1) is 16.9. The molecular formula is C20H15ClO4. The van der Waals surface area contributed by atoms with Crippen molar-refractivity contribution in [1.82, 2.24) is 0 Å². The molecule has 0 saturated heterocycles. The van der Waals surface area contributed by atoms with Crippen molar-refractivity contribution in [2.75, 3.05) is 0 Å². The average Bonchev–Trinajstić information content (AvgIpc) is 2.64. The minimum absolute atomic E-state index is 0.356. The average molecular weight is 355 g/mol. The third-order valence-corrected chi connectivity index (χ3v) is 3.72. The van der Waals surface area contributed by atoms with Crippen LogP contribution in [0.3, 0.4) is 0 Å². The van der Waals surface area contributed by atoms with Gasteiger partial charge in [0, 0.05) is 10.6 Å². The van der Waals surface area contributed by atoms with E-state index in [1.54, 1.807) is 36.4 Å². The van der Waals surface area contributed by atoms with Gasteiger partial charge in [-0.2, -0.15) is 0 Å². The number of hydrogen-bond acceptors (Lipinski definition) is 3. The van der Waals surface area contributed by atoms with E-state index < -0.39 is 12.3 Å². The fourth-order valence-electron chi connectivity index (χ4n) is 2.30. The highest BCUT2D eigenvalue weighted by molar-refractivity contribution is 6.30. The van der Waals surface area contributed by atoms with Gasteiger partial charge in [0.1, 0.15) is 11.5 Å². The lowest BCUT2D eigenvalue weighted by Gasteiger charge is -2.19. The van der Waals surface area contributed by atoms with Crippen molar-refractivity contribution in [2.45, 2.75) is 6.29 Å². The van der Waals surface area contributed by atoms with E-state index in [1.165, 1.54) is 0 Å². The summed E-state index contributed by atoms with van der Waals surface area (Å²) in [6.45, 7) is 0. The Bertz CT molecular complexity index is 847. The zero-order chi connectivity index (χ0) is 17.6. The van der Waals surface area contributed by atoms with Crippen LogP contribution in [0.5, 0.6) is 11.5 Å². The zero-order valence-corrected chi connectivity index (χ0v) is 13.9. The Morgan fingerprint density at radius 3 is 2.16 bits per heavy atom. The second-order valence-electron chi connectivity index (χ2n) is 5.22. The molecule has 0 aromatic heterocycles. The van der Waals surface area contributed by atoms with Gasteiger partial charge in [0.05, 0.1) is 0 Å². The highest BCUT2D eigenvalue weighted by Gasteiger charge is 2.23. The van der Waals surface area contributed by atoms with Crippen LogP contribution in [0.2, 0.25) is 5.02 Å². The summed E-state index contributed by atoms with van der Waals surface area (Å²) in [5, 5.41) is 9.97. The molecule has 3 aromatic rings. The van der Waals surface area contributed by atoms with Crippen LogP contribution in [0.25, 0.3) is 11.1 Å². The Balaban J connectivity index is 1.86. The highest BCUT2D eigenvalue weighted by Crippen LogP contribution is 2.30. The molecule has 3 aromatic carbocycles. The highest BCUT2D eigenvalue weighted by atomic mass is 35.5. The van der Waals surface area contributed by atoms with E-state index in [0.29, 0.717) is 16.5 Å². The van der Waals surface area contributed by atoms with Crippen molar-refractivity contribution in [3.8, 4) is 22.6 Å². The topological polar surface area (TPSA) is 55.8 Å². The summed E-state index contributed by atoms with van der Waals surface area (Å²) in [4.78, 5) is 11.5. The maximum Gasteiger partial charge on any atom is 0.387 e. The monoisotopic (exact) mass is 354 g/mol. The van der Waals surface area contributed by atoms with Crippen molar-refractivity contribution in [1.29, 1.82) is 0 Å². The molecule has 1 atom stereocenters. The van der Waals surface area contributed by atoms with Gasteiger partial charge < -0.3 is 14.6 Å². The van der Waals surface area contributed by atoms with Crippen LogP contribution in [0, 0.1) is 0 Å². The first-order valence-electron chi connectivity index (χ1n) is 7.59. The molecule has 0 radical (unpaired) electrons. The van der Waals surface area contributed by atoms with Crippen LogP contribution in [-0.4, -0.2) is 17.4 Å². The number of hydrogen-bond donors (Lipinski definition) is 1. The first-order chi connectivity index (χ1) is 12.1. The lowest BCUT2D eigenvalue weighted by Crippen LogP contribution is -2.33. The van der Waals surface area contributed by atoms with Gasteiger partial charge in [0.15, 0.2) is 0 Å². The molecule has 0 bridgehead atoms. The third kappa shape index (κ3) is 4.31. The van der Waals surface area contributed by atoms with Gasteiger partial charge in [-0.1, -0.05) is 60.1 Å². The number of carboxylic acids is 1. The first-order valence-corrected chi connectivity index (χ1v) is 7.97. The number of benzene rings is 3. The molecule has 25 heavy (non-hydrogen) atoms. The minimum atomic E-state index is -1.48. The van der Waals surface area contributed by atoms with Gasteiger partial charge in [-0.3, -0.25) is 0 Å². The quantitative estimate of drug-likeness (QED) is 0.641. The van der Waals surface area contributed by atoms with Crippen molar-refractivity contribution in [3.05, 3.63) is 83.9 Å². The predicted octanol–water partition coefficient (Wildman–Crippen LogP) is 4.88. The maximum atomic E-state index is 11.5. The van der Waals surface area contributed by atoms with Crippen LogP contribution in [0.15, 0.2) is 78.9 Å². The van der Waals surface area contributed by atoms with Gasteiger partial charge in [-0.05, 0) is 35.9 Å². The normalized spacial score (nSPS) is 11.6. The van der Waals surface area contributed by atoms with Crippen molar-refractivity contribution in [3.63, 3.8) is 0 Å². The molecule has 1 N–H and O–H groups in total. The molecule has 0 amide bonds. The van der Waals surface area contributed by atoms with E-state index in [-0.39, 0.29) is 0 Å². The molecule has 5 heteroatoms. The molecule has 126 valence electrons. The summed E-state index contributed by atoms with van der Waals surface area (Å²) in [6, 6.07) is 23.2. The van der Waals surface area contributed by atoms with Crippen LogP contribution < -0.4 is 9.47 Å². The molecule has 0 aliphatic carbocycles. The summed E-state index contributed by atoms with van der Waals surface area (Å²) in [5.74, 6) is -0.443. The molecular weight excluding hydrogens is 340 g/mol. The van der Waals surface area contributed by atoms with E-state index in [1.807, 2.05) is 42.5 Å². The molecule has 0 fully saturated rings. The van der Waals surface area contributed by atoms with Gasteiger partial charge in [0.25, 0.3) is 0 Å². The number of ether oxygens (including phenoxy) is 2. The Morgan fingerprint density at radius 1 is 0.840 bits per heavy atom. The maximum absolute atomic E-state index is 11.5. The second-order valence-corrected chi connectivity index (χ2v) is 5.66. The molecule has 0 spiro atoms. The van der Waals surface area contributed by atoms with Gasteiger partial charge >= 0.3 is 12.3 Å². The van der Waals surface area contributed by atoms with E-state index in [9.17, 15) is 9.90 Å². The third-order valence-electron chi connectivity index (χ3n) is 3.46. The molecule has 0 heterocycles. The summed E-state index contributed by atoms with van der Waals surface area (Å²) in [7, 11) is 0. The number of rotatable bonds is 6. The van der Waals surface area contributed by atoms with E-state index in [0.717, 1.165) is 11.1 Å². The largest absolute Gasteiger partial charge is 0.476 e. The summed E-state index contributed by atoms with van der Waals surface area (Å²) in [5.41, 5.74) is 1.71. The van der Waals surface area contributed by atoms with E-state index in [4.69, 9.17) is 21.1 Å². The Labute approximate surface area is 150 Å². The molecule has 0 saturated carbocycles. The van der Waals surface area contributed by atoms with Crippen LogP contribution in [0.4, 0.5) is 0 Å². The van der Waals surface area contributed by atoms with Crippen molar-refractivity contribution < 1.29 is 19.4 Å². The zero-order valence-electron chi connectivity index (χ0n) is 13.1. The van der Waals surface area contributed by atoms with Crippen LogP contribution >= 0.6 is 11.6 Å². The Hall–Kier alpha value is -2.98. The van der Waals surface area contributed by atoms with Gasteiger partial charge in [-0.15, -0.1) is 0 Å². The molecule has 3 rings (SSSR count). The predicted molar refractivity (Wildman–Crippen MR) is 96.0 cm³/mol. The lowest BCUT2D eigenvalue weighted by atomic mass is 10.1. The van der Waals surface area contributed by atoms with Gasteiger partial charge in [-0.25, -0.2) is 4.79 Å². The van der Waals surface area contributed by atoms with Crippen LogP contribution in [-0.2, 0) is 4.79 Å². The summed E-state index contributed by atoms with van der Waals surface area (Å²) >= 11 is 5.83. The second kappa shape index (κ2) is 7.73. The van der Waals surface area contributed by atoms with Gasteiger partial charge in [0.2, 0.25) is 0 Å². The SMILES string of the molecule is O=C(O)C(Oc1ccc(Cl)cc1)Oc1ccccc1-c1ccccc1. The van der Waals surface area contributed by atoms with E-state index >= 15 is 0 Å². The number of carboxylic acid groups (broad SMARTS) is 1. The van der Waals surface area contributed by atoms with Crippen molar-refractivity contribution in [2.24, 2.45) is 0 Å². The number of carbonyl (C=O) groups is 1. The Morgan fingerprint density at radius 2 is 1.48 bits per heavy atom. The Kier molecular flexibility index (Phi) is 5.21. The smallest absolute Gasteiger partial charge is 0.387 e. The number of para-hydroxylation sites is 1.